The first-order valence-corrected chi connectivity index (χ1v) is 6.82. The molecule has 0 N–H and O–H groups in total. The Kier molecular flexibility index (Phi) is 1.98. The Morgan fingerprint density at radius 3 is 2.11 bits per heavy atom. The van der Waals surface area contributed by atoms with Gasteiger partial charge in [0, 0.05) is 5.41 Å². The summed E-state index contributed by atoms with van der Waals surface area (Å²) < 4.78 is 0. The molecule has 0 heterocycles. The molecule has 92 valence electrons. The highest BCUT2D eigenvalue weighted by Gasteiger charge is 2.32. The van der Waals surface area contributed by atoms with Crippen molar-refractivity contribution in [2.75, 3.05) is 0 Å². The van der Waals surface area contributed by atoms with Crippen LogP contribution in [-0.2, 0) is 5.41 Å². The molecule has 0 aromatic heterocycles. The van der Waals surface area contributed by atoms with Crippen molar-refractivity contribution >= 4 is 10.8 Å². The van der Waals surface area contributed by atoms with E-state index in [0.29, 0.717) is 0 Å². The van der Waals surface area contributed by atoms with Crippen LogP contribution in [0.1, 0.15) is 25.0 Å². The van der Waals surface area contributed by atoms with E-state index in [1.165, 1.54) is 33.0 Å². The lowest BCUT2D eigenvalue weighted by atomic mass is 9.68. The van der Waals surface area contributed by atoms with Crippen LogP contribution in [-0.4, -0.2) is 0 Å². The topological polar surface area (TPSA) is 0 Å². The van der Waals surface area contributed by atoms with Crippen LogP contribution in [0.5, 0.6) is 0 Å². The zero-order valence-electron chi connectivity index (χ0n) is 11.3. The van der Waals surface area contributed by atoms with Crippen molar-refractivity contribution in [2.24, 2.45) is 0 Å². The molecule has 0 saturated heterocycles. The predicted molar refractivity (Wildman–Crippen MR) is 81.5 cm³/mol. The zero-order valence-corrected chi connectivity index (χ0v) is 11.3. The normalized spacial score (nSPS) is 15.3. The van der Waals surface area contributed by atoms with Crippen LogP contribution < -0.4 is 0 Å². The number of hydrogen-bond donors (Lipinski definition) is 0. The lowest BCUT2D eigenvalue weighted by Crippen LogP contribution is -2.23. The van der Waals surface area contributed by atoms with Gasteiger partial charge in [0.25, 0.3) is 0 Å². The molecule has 0 saturated carbocycles. The van der Waals surface area contributed by atoms with Gasteiger partial charge in [0.1, 0.15) is 0 Å². The third kappa shape index (κ3) is 1.29. The zero-order chi connectivity index (χ0) is 13.0. The van der Waals surface area contributed by atoms with Crippen LogP contribution in [0.2, 0.25) is 0 Å². The van der Waals surface area contributed by atoms with E-state index < -0.39 is 0 Å². The minimum atomic E-state index is 0.0739. The first kappa shape index (κ1) is 10.8. The molecular weight excluding hydrogens is 228 g/mol. The molecule has 1 aliphatic carbocycles. The van der Waals surface area contributed by atoms with Crippen LogP contribution >= 0.6 is 0 Å². The average molecular weight is 244 g/mol. The van der Waals surface area contributed by atoms with Gasteiger partial charge in [-0.15, -0.1) is 0 Å². The molecule has 0 spiro atoms. The van der Waals surface area contributed by atoms with Crippen molar-refractivity contribution in [3.8, 4) is 11.1 Å². The van der Waals surface area contributed by atoms with E-state index in [4.69, 9.17) is 0 Å². The van der Waals surface area contributed by atoms with E-state index in [9.17, 15) is 0 Å². The van der Waals surface area contributed by atoms with Gasteiger partial charge in [-0.2, -0.15) is 0 Å². The lowest BCUT2D eigenvalue weighted by molar-refractivity contribution is 0.645. The number of rotatable bonds is 0. The van der Waals surface area contributed by atoms with Crippen molar-refractivity contribution in [1.29, 1.82) is 0 Å². The molecule has 0 fully saturated rings. The van der Waals surface area contributed by atoms with E-state index in [1.54, 1.807) is 0 Å². The average Bonchev–Trinajstić information content (AvgIpc) is 2.45. The second-order valence-corrected chi connectivity index (χ2v) is 5.88. The molecule has 0 aliphatic heterocycles. The van der Waals surface area contributed by atoms with Crippen molar-refractivity contribution in [2.45, 2.75) is 19.3 Å². The van der Waals surface area contributed by atoms with Gasteiger partial charge in [0.2, 0.25) is 0 Å². The van der Waals surface area contributed by atoms with Gasteiger partial charge in [-0.1, -0.05) is 74.5 Å². The molecular formula is C19H16. The van der Waals surface area contributed by atoms with Gasteiger partial charge in [-0.05, 0) is 33.0 Å². The standard InChI is InChI=1S/C19H16/c1-19(2)16-11-4-3-9-14(16)15-10-5-7-13-8-6-12-17(19)18(13)15/h3-12H,1-2H3. The fraction of sp³-hybridized carbons (Fsp3) is 0.158. The quantitative estimate of drug-likeness (QED) is 0.513. The summed E-state index contributed by atoms with van der Waals surface area (Å²) in [5, 5.41) is 2.77. The second-order valence-electron chi connectivity index (χ2n) is 5.88. The van der Waals surface area contributed by atoms with Crippen LogP contribution in [0.4, 0.5) is 0 Å². The van der Waals surface area contributed by atoms with Crippen molar-refractivity contribution in [3.05, 3.63) is 71.8 Å². The molecule has 0 bridgehead atoms. The number of hydrogen-bond acceptors (Lipinski definition) is 0. The van der Waals surface area contributed by atoms with Crippen LogP contribution in [0, 0.1) is 0 Å². The maximum Gasteiger partial charge on any atom is 0.0159 e. The molecule has 19 heavy (non-hydrogen) atoms. The van der Waals surface area contributed by atoms with Crippen LogP contribution in [0.15, 0.2) is 60.7 Å². The van der Waals surface area contributed by atoms with Gasteiger partial charge in [0.15, 0.2) is 0 Å². The molecule has 0 atom stereocenters. The predicted octanol–water partition coefficient (Wildman–Crippen LogP) is 5.15. The molecule has 3 aromatic rings. The Labute approximate surface area is 113 Å². The molecule has 0 nitrogen and oxygen atoms in total. The first-order chi connectivity index (χ1) is 9.19. The highest BCUT2D eigenvalue weighted by molar-refractivity contribution is 6.03. The Bertz CT molecular complexity index is 789. The van der Waals surface area contributed by atoms with Gasteiger partial charge in [-0.3, -0.25) is 0 Å². The van der Waals surface area contributed by atoms with Gasteiger partial charge in [-0.25, -0.2) is 0 Å². The van der Waals surface area contributed by atoms with E-state index in [1.807, 2.05) is 0 Å². The fourth-order valence-corrected chi connectivity index (χ4v) is 3.49. The largest absolute Gasteiger partial charge is 0.0619 e. The first-order valence-electron chi connectivity index (χ1n) is 6.82. The highest BCUT2D eigenvalue weighted by atomic mass is 14.3. The third-order valence-electron chi connectivity index (χ3n) is 4.47. The van der Waals surface area contributed by atoms with Crippen molar-refractivity contribution in [1.82, 2.24) is 0 Å². The molecule has 4 rings (SSSR count). The molecule has 0 radical (unpaired) electrons. The molecule has 0 heteroatoms. The summed E-state index contributed by atoms with van der Waals surface area (Å²) >= 11 is 0. The number of fused-ring (bicyclic) bond motifs is 2. The van der Waals surface area contributed by atoms with Crippen LogP contribution in [0.25, 0.3) is 21.9 Å². The molecule has 0 amide bonds. The Hall–Kier alpha value is -2.08. The van der Waals surface area contributed by atoms with Gasteiger partial charge >= 0.3 is 0 Å². The summed E-state index contributed by atoms with van der Waals surface area (Å²) in [6.45, 7) is 4.66. The van der Waals surface area contributed by atoms with E-state index in [0.717, 1.165) is 0 Å². The Morgan fingerprint density at radius 2 is 1.26 bits per heavy atom. The summed E-state index contributed by atoms with van der Waals surface area (Å²) in [7, 11) is 0. The summed E-state index contributed by atoms with van der Waals surface area (Å²) in [5.74, 6) is 0. The minimum Gasteiger partial charge on any atom is -0.0619 e. The van der Waals surface area contributed by atoms with E-state index in [2.05, 4.69) is 74.5 Å². The summed E-state index contributed by atoms with van der Waals surface area (Å²) in [5.41, 5.74) is 5.71. The SMILES string of the molecule is CC1(C)c2ccccc2-c2cccc3cccc1c23. The van der Waals surface area contributed by atoms with Crippen LogP contribution in [0.3, 0.4) is 0 Å². The van der Waals surface area contributed by atoms with Gasteiger partial charge in [0.05, 0.1) is 0 Å². The van der Waals surface area contributed by atoms with Crippen molar-refractivity contribution < 1.29 is 0 Å². The lowest BCUT2D eigenvalue weighted by Gasteiger charge is -2.35. The third-order valence-corrected chi connectivity index (χ3v) is 4.47. The summed E-state index contributed by atoms with van der Waals surface area (Å²) in [6, 6.07) is 22.1. The Morgan fingerprint density at radius 1 is 0.632 bits per heavy atom. The minimum absolute atomic E-state index is 0.0739. The summed E-state index contributed by atoms with van der Waals surface area (Å²) in [4.78, 5) is 0. The highest BCUT2D eigenvalue weighted by Crippen LogP contribution is 2.47. The second kappa shape index (κ2) is 3.48. The molecule has 0 unspecified atom stereocenters. The van der Waals surface area contributed by atoms with E-state index in [-0.39, 0.29) is 5.41 Å². The molecule has 1 aliphatic rings. The molecule has 3 aromatic carbocycles. The maximum atomic E-state index is 2.33. The monoisotopic (exact) mass is 244 g/mol. The fourth-order valence-electron chi connectivity index (χ4n) is 3.49. The summed E-state index contributed by atoms with van der Waals surface area (Å²) in [6.07, 6.45) is 0. The smallest absolute Gasteiger partial charge is 0.0159 e. The van der Waals surface area contributed by atoms with Gasteiger partial charge < -0.3 is 0 Å². The maximum absolute atomic E-state index is 2.33. The van der Waals surface area contributed by atoms with Crippen molar-refractivity contribution in [3.63, 3.8) is 0 Å². The Balaban J connectivity index is 2.28. The number of benzene rings is 3. The van der Waals surface area contributed by atoms with E-state index >= 15 is 0 Å².